The Morgan fingerprint density at radius 2 is 2.40 bits per heavy atom. The lowest BCUT2D eigenvalue weighted by molar-refractivity contribution is -0.139. The van der Waals surface area contributed by atoms with Crippen LogP contribution in [-0.2, 0) is 19.0 Å². The van der Waals surface area contributed by atoms with Crippen molar-refractivity contribution >= 4 is 5.97 Å². The molecule has 15 heavy (non-hydrogen) atoms. The minimum absolute atomic E-state index is 0.181. The van der Waals surface area contributed by atoms with E-state index in [1.165, 1.54) is 0 Å². The molecule has 0 spiro atoms. The molecule has 0 aromatic heterocycles. The zero-order valence-corrected chi connectivity index (χ0v) is 9.16. The first kappa shape index (κ1) is 12.2. The van der Waals surface area contributed by atoms with Crippen LogP contribution in [0.3, 0.4) is 0 Å². The van der Waals surface area contributed by atoms with E-state index in [1.54, 1.807) is 6.92 Å². The molecule has 1 saturated heterocycles. The van der Waals surface area contributed by atoms with Crippen molar-refractivity contribution in [1.82, 2.24) is 0 Å². The Morgan fingerprint density at radius 3 is 3.00 bits per heavy atom. The lowest BCUT2D eigenvalue weighted by atomic mass is 10.2. The third kappa shape index (κ3) is 4.44. The van der Waals surface area contributed by atoms with Crippen molar-refractivity contribution in [3.63, 3.8) is 0 Å². The molecule has 1 fully saturated rings. The number of esters is 1. The van der Waals surface area contributed by atoms with Crippen molar-refractivity contribution in [2.75, 3.05) is 26.4 Å². The lowest BCUT2D eigenvalue weighted by Crippen LogP contribution is -2.18. The van der Waals surface area contributed by atoms with E-state index in [-0.39, 0.29) is 18.7 Å². The van der Waals surface area contributed by atoms with E-state index in [2.05, 4.69) is 6.58 Å². The molecule has 0 saturated carbocycles. The summed E-state index contributed by atoms with van der Waals surface area (Å²) in [6.07, 6.45) is 2.30. The van der Waals surface area contributed by atoms with Crippen molar-refractivity contribution in [2.24, 2.45) is 0 Å². The van der Waals surface area contributed by atoms with Crippen LogP contribution in [0.2, 0.25) is 0 Å². The molecule has 4 nitrogen and oxygen atoms in total. The Kier molecular flexibility index (Phi) is 5.36. The summed E-state index contributed by atoms with van der Waals surface area (Å²) in [6.45, 7) is 7.28. The molecule has 0 aromatic rings. The van der Waals surface area contributed by atoms with Gasteiger partial charge in [0.2, 0.25) is 0 Å². The van der Waals surface area contributed by atoms with Crippen LogP contribution in [0.1, 0.15) is 19.8 Å². The summed E-state index contributed by atoms with van der Waals surface area (Å²) in [5.74, 6) is -0.384. The Balaban J connectivity index is 2.08. The SMILES string of the molecule is C=C(COCC1CCCO1)C(=O)OCC. The molecule has 1 aliphatic rings. The molecular weight excluding hydrogens is 196 g/mol. The molecule has 0 radical (unpaired) electrons. The first-order valence-electron chi connectivity index (χ1n) is 5.28. The van der Waals surface area contributed by atoms with Crippen LogP contribution in [0.25, 0.3) is 0 Å². The maximum absolute atomic E-state index is 11.1. The van der Waals surface area contributed by atoms with Crippen LogP contribution in [0.5, 0.6) is 0 Å². The zero-order chi connectivity index (χ0) is 11.1. The minimum atomic E-state index is -0.384. The molecule has 0 N–H and O–H groups in total. The number of hydrogen-bond acceptors (Lipinski definition) is 4. The maximum atomic E-state index is 11.1. The molecule has 1 heterocycles. The minimum Gasteiger partial charge on any atom is -0.463 e. The van der Waals surface area contributed by atoms with Crippen LogP contribution < -0.4 is 0 Å². The summed E-state index contributed by atoms with van der Waals surface area (Å²) in [5, 5.41) is 0. The number of rotatable bonds is 6. The van der Waals surface area contributed by atoms with Crippen molar-refractivity contribution in [2.45, 2.75) is 25.9 Å². The molecule has 4 heteroatoms. The fraction of sp³-hybridized carbons (Fsp3) is 0.727. The van der Waals surface area contributed by atoms with Crippen LogP contribution in [0.4, 0.5) is 0 Å². The van der Waals surface area contributed by atoms with Gasteiger partial charge in [-0.15, -0.1) is 0 Å². The highest BCUT2D eigenvalue weighted by Crippen LogP contribution is 2.12. The Morgan fingerprint density at radius 1 is 1.60 bits per heavy atom. The van der Waals surface area contributed by atoms with Gasteiger partial charge >= 0.3 is 5.97 Å². The molecule has 1 atom stereocenters. The van der Waals surface area contributed by atoms with Crippen molar-refractivity contribution in [1.29, 1.82) is 0 Å². The topological polar surface area (TPSA) is 44.8 Å². The predicted molar refractivity (Wildman–Crippen MR) is 55.6 cm³/mol. The average molecular weight is 214 g/mol. The number of carbonyl (C=O) groups excluding carboxylic acids is 1. The van der Waals surface area contributed by atoms with Gasteiger partial charge in [-0.2, -0.15) is 0 Å². The van der Waals surface area contributed by atoms with Crippen LogP contribution in [-0.4, -0.2) is 38.5 Å². The molecule has 1 rings (SSSR count). The van der Waals surface area contributed by atoms with Gasteiger partial charge in [-0.25, -0.2) is 4.79 Å². The van der Waals surface area contributed by atoms with E-state index in [0.29, 0.717) is 18.8 Å². The Labute approximate surface area is 90.2 Å². The van der Waals surface area contributed by atoms with E-state index in [9.17, 15) is 4.79 Å². The van der Waals surface area contributed by atoms with Gasteiger partial charge < -0.3 is 14.2 Å². The van der Waals surface area contributed by atoms with E-state index in [1.807, 2.05) is 0 Å². The van der Waals surface area contributed by atoms with Gasteiger partial charge in [0.15, 0.2) is 0 Å². The molecule has 86 valence electrons. The molecule has 0 bridgehead atoms. The molecular formula is C11H18O4. The second-order valence-corrected chi connectivity index (χ2v) is 3.47. The number of carbonyl (C=O) groups is 1. The summed E-state index contributed by atoms with van der Waals surface area (Å²) in [6, 6.07) is 0. The van der Waals surface area contributed by atoms with Gasteiger partial charge in [-0.1, -0.05) is 6.58 Å². The first-order chi connectivity index (χ1) is 7.24. The first-order valence-corrected chi connectivity index (χ1v) is 5.28. The summed E-state index contributed by atoms with van der Waals surface area (Å²) in [5.41, 5.74) is 0.356. The van der Waals surface area contributed by atoms with Crippen LogP contribution in [0.15, 0.2) is 12.2 Å². The zero-order valence-electron chi connectivity index (χ0n) is 9.16. The van der Waals surface area contributed by atoms with E-state index >= 15 is 0 Å². The average Bonchev–Trinajstić information content (AvgIpc) is 2.71. The van der Waals surface area contributed by atoms with Gasteiger partial charge in [0.25, 0.3) is 0 Å². The smallest absolute Gasteiger partial charge is 0.335 e. The van der Waals surface area contributed by atoms with Crippen molar-refractivity contribution < 1.29 is 19.0 Å². The maximum Gasteiger partial charge on any atom is 0.335 e. The quantitative estimate of drug-likeness (QED) is 0.494. The largest absolute Gasteiger partial charge is 0.463 e. The molecule has 0 aromatic carbocycles. The third-order valence-electron chi connectivity index (χ3n) is 2.17. The second-order valence-electron chi connectivity index (χ2n) is 3.47. The molecule has 1 aliphatic heterocycles. The van der Waals surface area contributed by atoms with Gasteiger partial charge in [0, 0.05) is 6.61 Å². The number of ether oxygens (including phenoxy) is 3. The van der Waals surface area contributed by atoms with Crippen molar-refractivity contribution in [3.05, 3.63) is 12.2 Å². The van der Waals surface area contributed by atoms with E-state index in [0.717, 1.165) is 19.4 Å². The van der Waals surface area contributed by atoms with Crippen LogP contribution in [0, 0.1) is 0 Å². The highest BCUT2D eigenvalue weighted by atomic mass is 16.5. The third-order valence-corrected chi connectivity index (χ3v) is 2.17. The van der Waals surface area contributed by atoms with Gasteiger partial charge in [-0.3, -0.25) is 0 Å². The van der Waals surface area contributed by atoms with Crippen LogP contribution >= 0.6 is 0 Å². The molecule has 1 unspecified atom stereocenters. The monoisotopic (exact) mass is 214 g/mol. The summed E-state index contributed by atoms with van der Waals surface area (Å²) >= 11 is 0. The Hall–Kier alpha value is -0.870. The second kappa shape index (κ2) is 6.58. The van der Waals surface area contributed by atoms with Gasteiger partial charge in [0.05, 0.1) is 31.5 Å². The molecule has 0 aliphatic carbocycles. The predicted octanol–water partition coefficient (Wildman–Crippen LogP) is 1.30. The lowest BCUT2D eigenvalue weighted by Gasteiger charge is -2.10. The van der Waals surface area contributed by atoms with E-state index < -0.39 is 0 Å². The summed E-state index contributed by atoms with van der Waals surface area (Å²) in [7, 11) is 0. The number of hydrogen-bond donors (Lipinski definition) is 0. The van der Waals surface area contributed by atoms with Gasteiger partial charge in [-0.05, 0) is 19.8 Å². The highest BCUT2D eigenvalue weighted by Gasteiger charge is 2.16. The summed E-state index contributed by atoms with van der Waals surface area (Å²) < 4.78 is 15.5. The van der Waals surface area contributed by atoms with Crippen molar-refractivity contribution in [3.8, 4) is 0 Å². The summed E-state index contributed by atoms with van der Waals surface area (Å²) in [4.78, 5) is 11.1. The normalized spacial score (nSPS) is 20.2. The van der Waals surface area contributed by atoms with Gasteiger partial charge in [0.1, 0.15) is 0 Å². The Bertz CT molecular complexity index is 219. The highest BCUT2D eigenvalue weighted by molar-refractivity contribution is 5.87. The molecule has 0 amide bonds. The fourth-order valence-electron chi connectivity index (χ4n) is 1.38. The fourth-order valence-corrected chi connectivity index (χ4v) is 1.38. The van der Waals surface area contributed by atoms with E-state index in [4.69, 9.17) is 14.2 Å². The standard InChI is InChI=1S/C11H18O4/c1-3-14-11(12)9(2)7-13-8-10-5-4-6-15-10/h10H,2-8H2,1H3.